The predicted octanol–water partition coefficient (Wildman–Crippen LogP) is 3.87. The number of carbonyl (C=O) groups is 1. The summed E-state index contributed by atoms with van der Waals surface area (Å²) in [7, 11) is 0. The van der Waals surface area contributed by atoms with Crippen molar-refractivity contribution in [2.75, 3.05) is 6.54 Å². The summed E-state index contributed by atoms with van der Waals surface area (Å²) in [5.74, 6) is -0.662. The molecule has 0 radical (unpaired) electrons. The summed E-state index contributed by atoms with van der Waals surface area (Å²) in [6.07, 6.45) is 1.88. The summed E-state index contributed by atoms with van der Waals surface area (Å²) in [4.78, 5) is 16.8. The molecule has 0 fully saturated rings. The molecule has 0 bridgehead atoms. The molecule has 3 aromatic rings. The van der Waals surface area contributed by atoms with E-state index >= 15 is 0 Å². The molecule has 0 saturated carbocycles. The number of hydrogen-bond acceptors (Lipinski definition) is 4. The number of pyridine rings is 1. The van der Waals surface area contributed by atoms with Crippen LogP contribution in [0.4, 0.5) is 4.39 Å². The maximum atomic E-state index is 14.1. The van der Waals surface area contributed by atoms with Crippen LogP contribution in [0.2, 0.25) is 0 Å². The second-order valence-corrected chi connectivity index (χ2v) is 5.61. The molecule has 1 N–H and O–H groups in total. The van der Waals surface area contributed by atoms with E-state index < -0.39 is 5.82 Å². The molecule has 0 unspecified atom stereocenters. The first kappa shape index (κ1) is 16.1. The molecular formula is C18H18FN3O2. The van der Waals surface area contributed by atoms with Crippen LogP contribution in [0.5, 0.6) is 0 Å². The zero-order chi connectivity index (χ0) is 17.1. The molecule has 1 amide bonds. The molecule has 0 spiro atoms. The lowest BCUT2D eigenvalue weighted by atomic mass is 10.0. The Morgan fingerprint density at radius 3 is 2.88 bits per heavy atom. The topological polar surface area (TPSA) is 68.0 Å². The van der Waals surface area contributed by atoms with Crippen LogP contribution in [0.1, 0.15) is 35.8 Å². The Labute approximate surface area is 138 Å². The van der Waals surface area contributed by atoms with Crippen molar-refractivity contribution in [1.82, 2.24) is 15.5 Å². The second-order valence-electron chi connectivity index (χ2n) is 5.61. The number of aryl methyl sites for hydroxylation is 1. The van der Waals surface area contributed by atoms with E-state index in [9.17, 15) is 9.18 Å². The molecule has 0 saturated heterocycles. The Kier molecular flexibility index (Phi) is 4.55. The third-order valence-electron chi connectivity index (χ3n) is 3.76. The summed E-state index contributed by atoms with van der Waals surface area (Å²) in [5, 5.41) is 7.25. The summed E-state index contributed by atoms with van der Waals surface area (Å²) < 4.78 is 19.4. The van der Waals surface area contributed by atoms with Gasteiger partial charge in [0.05, 0.1) is 10.9 Å². The average molecular weight is 327 g/mol. The number of hydrogen-bond donors (Lipinski definition) is 1. The van der Waals surface area contributed by atoms with E-state index in [2.05, 4.69) is 22.4 Å². The molecule has 2 heterocycles. The number of amides is 1. The number of aromatic nitrogens is 2. The van der Waals surface area contributed by atoms with Gasteiger partial charge in [-0.25, -0.2) is 9.37 Å². The molecule has 2 aromatic heterocycles. The van der Waals surface area contributed by atoms with Crippen molar-refractivity contribution in [2.45, 2.75) is 26.7 Å². The largest absolute Gasteiger partial charge is 0.352 e. The fourth-order valence-corrected chi connectivity index (χ4v) is 2.56. The second kappa shape index (κ2) is 6.78. The van der Waals surface area contributed by atoms with Gasteiger partial charge in [0.2, 0.25) is 0 Å². The van der Waals surface area contributed by atoms with Gasteiger partial charge in [-0.2, -0.15) is 0 Å². The third-order valence-corrected chi connectivity index (χ3v) is 3.76. The minimum Gasteiger partial charge on any atom is -0.352 e. The maximum absolute atomic E-state index is 14.1. The first-order valence-electron chi connectivity index (χ1n) is 7.92. The lowest BCUT2D eigenvalue weighted by Gasteiger charge is -2.07. The minimum absolute atomic E-state index is 0.230. The molecule has 0 aliphatic rings. The van der Waals surface area contributed by atoms with Crippen LogP contribution < -0.4 is 5.32 Å². The number of halogens is 1. The van der Waals surface area contributed by atoms with E-state index in [4.69, 9.17) is 4.52 Å². The van der Waals surface area contributed by atoms with E-state index in [-0.39, 0.29) is 22.9 Å². The van der Waals surface area contributed by atoms with Gasteiger partial charge in [0.15, 0.2) is 0 Å². The van der Waals surface area contributed by atoms with Gasteiger partial charge in [0, 0.05) is 17.8 Å². The van der Waals surface area contributed by atoms with Crippen molar-refractivity contribution in [3.05, 3.63) is 47.4 Å². The molecule has 124 valence electrons. The summed E-state index contributed by atoms with van der Waals surface area (Å²) in [5.41, 5.74) is 1.84. The highest BCUT2D eigenvalue weighted by Gasteiger charge is 2.22. The fourth-order valence-electron chi connectivity index (χ4n) is 2.56. The van der Waals surface area contributed by atoms with E-state index in [1.165, 1.54) is 6.07 Å². The molecule has 24 heavy (non-hydrogen) atoms. The van der Waals surface area contributed by atoms with Gasteiger partial charge in [0.25, 0.3) is 11.6 Å². The van der Waals surface area contributed by atoms with Gasteiger partial charge in [-0.15, -0.1) is 0 Å². The molecule has 1 aromatic carbocycles. The predicted molar refractivity (Wildman–Crippen MR) is 89.2 cm³/mol. The Balaban J connectivity index is 2.13. The summed E-state index contributed by atoms with van der Waals surface area (Å²) >= 11 is 0. The van der Waals surface area contributed by atoms with Crippen LogP contribution in [-0.2, 0) is 0 Å². The van der Waals surface area contributed by atoms with Crippen LogP contribution in [0.15, 0.2) is 34.9 Å². The minimum atomic E-state index is -0.425. The van der Waals surface area contributed by atoms with Crippen LogP contribution in [0, 0.1) is 12.7 Å². The monoisotopic (exact) mass is 327 g/mol. The van der Waals surface area contributed by atoms with Gasteiger partial charge in [-0.05, 0) is 31.5 Å². The van der Waals surface area contributed by atoms with Crippen molar-refractivity contribution in [2.24, 2.45) is 0 Å². The Morgan fingerprint density at radius 2 is 2.12 bits per heavy atom. The van der Waals surface area contributed by atoms with Crippen LogP contribution in [-0.4, -0.2) is 22.6 Å². The lowest BCUT2D eigenvalue weighted by Crippen LogP contribution is -2.24. The third kappa shape index (κ3) is 2.99. The standard InChI is InChI=1S/C18H18FN3O2/c1-3-4-9-20-17(23)13-10-11(2)21-18-15(13)16(22-24-18)12-7-5-6-8-14(12)19/h5-8,10H,3-4,9H2,1-2H3,(H,20,23). The number of fused-ring (bicyclic) bond motifs is 1. The highest BCUT2D eigenvalue weighted by molar-refractivity contribution is 6.09. The van der Waals surface area contributed by atoms with Gasteiger partial charge in [0.1, 0.15) is 11.5 Å². The number of benzene rings is 1. The molecule has 0 aliphatic carbocycles. The quantitative estimate of drug-likeness (QED) is 0.722. The number of nitrogens with one attached hydrogen (secondary N) is 1. The zero-order valence-electron chi connectivity index (χ0n) is 13.6. The molecule has 0 aliphatic heterocycles. The summed E-state index contributed by atoms with van der Waals surface area (Å²) in [6, 6.07) is 7.93. The highest BCUT2D eigenvalue weighted by Crippen LogP contribution is 2.31. The van der Waals surface area contributed by atoms with Gasteiger partial charge in [-0.1, -0.05) is 30.6 Å². The fraction of sp³-hybridized carbons (Fsp3) is 0.278. The van der Waals surface area contributed by atoms with Crippen LogP contribution >= 0.6 is 0 Å². The van der Waals surface area contributed by atoms with E-state index in [1.807, 2.05) is 0 Å². The first-order valence-corrected chi connectivity index (χ1v) is 7.92. The van der Waals surface area contributed by atoms with Crippen molar-refractivity contribution in [3.8, 4) is 11.3 Å². The van der Waals surface area contributed by atoms with E-state index in [1.54, 1.807) is 31.2 Å². The van der Waals surface area contributed by atoms with Crippen LogP contribution in [0.3, 0.4) is 0 Å². The average Bonchev–Trinajstić information content (AvgIpc) is 2.98. The number of unbranched alkanes of at least 4 members (excludes halogenated alkanes) is 1. The zero-order valence-corrected chi connectivity index (χ0v) is 13.6. The SMILES string of the molecule is CCCCNC(=O)c1cc(C)nc2onc(-c3ccccc3F)c12. The lowest BCUT2D eigenvalue weighted by molar-refractivity contribution is 0.0954. The van der Waals surface area contributed by atoms with Crippen molar-refractivity contribution in [1.29, 1.82) is 0 Å². The smallest absolute Gasteiger partial charge is 0.259 e. The number of rotatable bonds is 5. The van der Waals surface area contributed by atoms with E-state index in [0.717, 1.165) is 12.8 Å². The van der Waals surface area contributed by atoms with Gasteiger partial charge >= 0.3 is 0 Å². The maximum Gasteiger partial charge on any atom is 0.259 e. The number of nitrogens with zero attached hydrogens (tertiary/aromatic N) is 2. The Morgan fingerprint density at radius 1 is 1.33 bits per heavy atom. The highest BCUT2D eigenvalue weighted by atomic mass is 19.1. The normalized spacial score (nSPS) is 11.0. The Hall–Kier alpha value is -2.76. The Bertz CT molecular complexity index is 889. The first-order chi connectivity index (χ1) is 11.6. The molecule has 3 rings (SSSR count). The van der Waals surface area contributed by atoms with Gasteiger partial charge < -0.3 is 9.84 Å². The van der Waals surface area contributed by atoms with Crippen LogP contribution in [0.25, 0.3) is 22.4 Å². The van der Waals surface area contributed by atoms with Crippen molar-refractivity contribution >= 4 is 17.0 Å². The molecular weight excluding hydrogens is 309 g/mol. The van der Waals surface area contributed by atoms with Gasteiger partial charge in [-0.3, -0.25) is 4.79 Å². The number of carbonyl (C=O) groups excluding carboxylic acids is 1. The van der Waals surface area contributed by atoms with E-state index in [0.29, 0.717) is 23.2 Å². The van der Waals surface area contributed by atoms with Crippen molar-refractivity contribution < 1.29 is 13.7 Å². The molecule has 6 heteroatoms. The summed E-state index contributed by atoms with van der Waals surface area (Å²) in [6.45, 7) is 4.41. The van der Waals surface area contributed by atoms with Crippen molar-refractivity contribution in [3.63, 3.8) is 0 Å². The molecule has 0 atom stereocenters. The molecule has 5 nitrogen and oxygen atoms in total.